The van der Waals surface area contributed by atoms with Gasteiger partial charge in [0.15, 0.2) is 5.76 Å². The highest BCUT2D eigenvalue weighted by Gasteiger charge is 2.16. The summed E-state index contributed by atoms with van der Waals surface area (Å²) in [5.74, 6) is -0.360. The molecule has 0 spiro atoms. The van der Waals surface area contributed by atoms with Crippen LogP contribution in [0, 0.1) is 13.8 Å². The highest BCUT2D eigenvalue weighted by Crippen LogP contribution is 2.18. The van der Waals surface area contributed by atoms with Gasteiger partial charge in [-0.25, -0.2) is 9.48 Å². The Kier molecular flexibility index (Phi) is 4.40. The molecule has 0 aliphatic rings. The summed E-state index contributed by atoms with van der Waals surface area (Å²) in [5, 5.41) is 11.2. The first-order valence-electron chi connectivity index (χ1n) is 8.55. The molecule has 3 aromatic heterocycles. The molecule has 3 heterocycles. The molecule has 4 rings (SSSR count). The van der Waals surface area contributed by atoms with E-state index in [1.54, 1.807) is 22.9 Å². The molecule has 1 N–H and O–H groups in total. The van der Waals surface area contributed by atoms with Gasteiger partial charge in [-0.3, -0.25) is 4.79 Å². The number of rotatable bonds is 5. The van der Waals surface area contributed by atoms with Crippen molar-refractivity contribution in [1.29, 1.82) is 0 Å². The van der Waals surface area contributed by atoms with E-state index in [0.717, 1.165) is 21.6 Å². The molecule has 1 amide bonds. The molecular weight excluding hydrogens is 362 g/mol. The second-order valence-electron chi connectivity index (χ2n) is 6.27. The SMILES string of the molecule is Cc1ccc(-n2nc(C)cc2NC(=O)Cn2nc(-c3ccco3)oc2=O)cc1. The van der Waals surface area contributed by atoms with Gasteiger partial charge >= 0.3 is 5.76 Å². The fourth-order valence-corrected chi connectivity index (χ4v) is 2.70. The van der Waals surface area contributed by atoms with Crippen LogP contribution in [0.2, 0.25) is 0 Å². The first-order valence-corrected chi connectivity index (χ1v) is 8.55. The Hall–Kier alpha value is -3.88. The summed E-state index contributed by atoms with van der Waals surface area (Å²) in [6.45, 7) is 3.52. The molecular formula is C19H17N5O4. The van der Waals surface area contributed by atoms with Crippen LogP contribution >= 0.6 is 0 Å². The van der Waals surface area contributed by atoms with Crippen molar-refractivity contribution < 1.29 is 13.6 Å². The minimum absolute atomic E-state index is 0.0170. The highest BCUT2D eigenvalue weighted by atomic mass is 16.4. The van der Waals surface area contributed by atoms with Crippen molar-refractivity contribution >= 4 is 11.7 Å². The topological polar surface area (TPSA) is 108 Å². The van der Waals surface area contributed by atoms with Gasteiger partial charge in [0.1, 0.15) is 12.4 Å². The third-order valence-corrected chi connectivity index (χ3v) is 4.01. The van der Waals surface area contributed by atoms with Crippen LogP contribution in [0.1, 0.15) is 11.3 Å². The van der Waals surface area contributed by atoms with Gasteiger partial charge in [0.2, 0.25) is 5.91 Å². The minimum Gasteiger partial charge on any atom is -0.459 e. The Morgan fingerprint density at radius 2 is 1.93 bits per heavy atom. The van der Waals surface area contributed by atoms with E-state index in [-0.39, 0.29) is 12.4 Å². The average Bonchev–Trinajstić information content (AvgIpc) is 3.37. The number of carbonyl (C=O) groups is 1. The van der Waals surface area contributed by atoms with Gasteiger partial charge in [0.05, 0.1) is 17.6 Å². The van der Waals surface area contributed by atoms with E-state index in [9.17, 15) is 9.59 Å². The van der Waals surface area contributed by atoms with Crippen LogP contribution < -0.4 is 11.1 Å². The molecule has 0 aliphatic carbocycles. The maximum absolute atomic E-state index is 12.5. The molecule has 1 aromatic carbocycles. The molecule has 0 atom stereocenters. The lowest BCUT2D eigenvalue weighted by atomic mass is 10.2. The zero-order valence-corrected chi connectivity index (χ0v) is 15.2. The standard InChI is InChI=1S/C19H17N5O4/c1-12-5-7-14(8-6-12)24-16(10-13(2)21-24)20-17(25)11-23-19(26)28-18(22-23)15-4-3-9-27-15/h3-10H,11H2,1-2H3,(H,20,25). The summed E-state index contributed by atoms with van der Waals surface area (Å²) in [4.78, 5) is 24.4. The minimum atomic E-state index is -0.746. The number of aryl methyl sites for hydroxylation is 2. The van der Waals surface area contributed by atoms with Crippen LogP contribution in [-0.2, 0) is 11.3 Å². The van der Waals surface area contributed by atoms with E-state index in [0.29, 0.717) is 11.6 Å². The zero-order valence-electron chi connectivity index (χ0n) is 15.2. The molecule has 28 heavy (non-hydrogen) atoms. The van der Waals surface area contributed by atoms with E-state index < -0.39 is 11.7 Å². The van der Waals surface area contributed by atoms with Gasteiger partial charge in [0.25, 0.3) is 5.89 Å². The first-order chi connectivity index (χ1) is 13.5. The van der Waals surface area contributed by atoms with Crippen molar-refractivity contribution in [3.8, 4) is 17.3 Å². The maximum atomic E-state index is 12.5. The smallest absolute Gasteiger partial charge is 0.437 e. The summed E-state index contributed by atoms with van der Waals surface area (Å²) in [7, 11) is 0. The van der Waals surface area contributed by atoms with E-state index >= 15 is 0 Å². The second-order valence-corrected chi connectivity index (χ2v) is 6.27. The van der Waals surface area contributed by atoms with Crippen molar-refractivity contribution in [1.82, 2.24) is 19.6 Å². The Bertz CT molecular complexity index is 1170. The van der Waals surface area contributed by atoms with Gasteiger partial charge in [-0.05, 0) is 38.1 Å². The predicted octanol–water partition coefficient (Wildman–Crippen LogP) is 2.54. The van der Waals surface area contributed by atoms with Gasteiger partial charge in [-0.15, -0.1) is 5.10 Å². The third kappa shape index (κ3) is 3.50. The lowest BCUT2D eigenvalue weighted by Crippen LogP contribution is -2.26. The van der Waals surface area contributed by atoms with Crippen molar-refractivity contribution in [3.63, 3.8) is 0 Å². The Balaban J connectivity index is 1.54. The normalized spacial score (nSPS) is 10.9. The molecule has 0 unspecified atom stereocenters. The number of carbonyl (C=O) groups excluding carboxylic acids is 1. The summed E-state index contributed by atoms with van der Waals surface area (Å²) >= 11 is 0. The predicted molar refractivity (Wildman–Crippen MR) is 100 cm³/mol. The van der Waals surface area contributed by atoms with E-state index in [1.807, 2.05) is 38.1 Å². The fourth-order valence-electron chi connectivity index (χ4n) is 2.70. The second kappa shape index (κ2) is 7.03. The van der Waals surface area contributed by atoms with E-state index in [1.165, 1.54) is 6.26 Å². The van der Waals surface area contributed by atoms with Crippen molar-refractivity contribution in [2.75, 3.05) is 5.32 Å². The molecule has 0 radical (unpaired) electrons. The number of furan rings is 1. The largest absolute Gasteiger partial charge is 0.459 e. The average molecular weight is 379 g/mol. The third-order valence-electron chi connectivity index (χ3n) is 4.01. The molecule has 0 bridgehead atoms. The number of hydrogen-bond donors (Lipinski definition) is 1. The van der Waals surface area contributed by atoms with Gasteiger partial charge in [-0.2, -0.15) is 9.78 Å². The monoisotopic (exact) mass is 379 g/mol. The Morgan fingerprint density at radius 1 is 1.14 bits per heavy atom. The number of nitrogens with zero attached hydrogens (tertiary/aromatic N) is 4. The molecule has 4 aromatic rings. The van der Waals surface area contributed by atoms with Crippen LogP contribution in [0.15, 0.2) is 62.4 Å². The number of benzene rings is 1. The van der Waals surface area contributed by atoms with Crippen molar-refractivity contribution in [3.05, 3.63) is 70.5 Å². The van der Waals surface area contributed by atoms with Crippen molar-refractivity contribution in [2.24, 2.45) is 0 Å². The molecule has 9 nitrogen and oxygen atoms in total. The van der Waals surface area contributed by atoms with Crippen LogP contribution in [0.3, 0.4) is 0 Å². The molecule has 9 heteroatoms. The van der Waals surface area contributed by atoms with Crippen LogP contribution in [-0.4, -0.2) is 25.5 Å². The zero-order chi connectivity index (χ0) is 19.7. The molecule has 0 saturated carbocycles. The molecule has 0 aliphatic heterocycles. The van der Waals surface area contributed by atoms with E-state index in [2.05, 4.69) is 15.5 Å². The number of nitrogens with one attached hydrogen (secondary N) is 1. The summed E-state index contributed by atoms with van der Waals surface area (Å²) in [6, 6.07) is 12.8. The first kappa shape index (κ1) is 17.5. The van der Waals surface area contributed by atoms with E-state index in [4.69, 9.17) is 8.83 Å². The maximum Gasteiger partial charge on any atom is 0.437 e. The highest BCUT2D eigenvalue weighted by molar-refractivity contribution is 5.90. The number of amides is 1. The summed E-state index contributed by atoms with van der Waals surface area (Å²) in [6.07, 6.45) is 1.44. The molecule has 0 fully saturated rings. The molecule has 142 valence electrons. The number of aromatic nitrogens is 4. The summed E-state index contributed by atoms with van der Waals surface area (Å²) in [5.41, 5.74) is 2.68. The van der Waals surface area contributed by atoms with Gasteiger partial charge in [0, 0.05) is 6.07 Å². The lowest BCUT2D eigenvalue weighted by molar-refractivity contribution is -0.117. The quantitative estimate of drug-likeness (QED) is 0.571. The number of hydrogen-bond acceptors (Lipinski definition) is 6. The Labute approximate surface area is 159 Å². The fraction of sp³-hybridized carbons (Fsp3) is 0.158. The van der Waals surface area contributed by atoms with Gasteiger partial charge < -0.3 is 14.2 Å². The van der Waals surface area contributed by atoms with Gasteiger partial charge in [-0.1, -0.05) is 17.7 Å². The van der Waals surface area contributed by atoms with Crippen LogP contribution in [0.5, 0.6) is 0 Å². The number of anilines is 1. The van der Waals surface area contributed by atoms with Crippen molar-refractivity contribution in [2.45, 2.75) is 20.4 Å². The van der Waals surface area contributed by atoms with Crippen LogP contribution in [0.4, 0.5) is 5.82 Å². The lowest BCUT2D eigenvalue weighted by Gasteiger charge is -2.09. The molecule has 0 saturated heterocycles. The Morgan fingerprint density at radius 3 is 2.64 bits per heavy atom. The summed E-state index contributed by atoms with van der Waals surface area (Å²) < 4.78 is 12.7. The van der Waals surface area contributed by atoms with Crippen LogP contribution in [0.25, 0.3) is 17.3 Å².